The number of aryl methyl sites for hydroxylation is 2. The summed E-state index contributed by atoms with van der Waals surface area (Å²) in [5, 5.41) is 18.9. The Morgan fingerprint density at radius 2 is 1.79 bits per heavy atom. The van der Waals surface area contributed by atoms with Crippen LogP contribution < -0.4 is 14.5 Å². The van der Waals surface area contributed by atoms with Crippen LogP contribution in [0, 0.1) is 18.3 Å². The molecule has 3 aromatic heterocycles. The van der Waals surface area contributed by atoms with Gasteiger partial charge in [-0.05, 0) is 25.1 Å². The largest absolute Gasteiger partial charge is 0.338 e. The van der Waals surface area contributed by atoms with E-state index < -0.39 is 26.0 Å². The minimum absolute atomic E-state index is 0.0428. The second kappa shape index (κ2) is 10.5. The number of amides is 1. The molecule has 0 radical (unpaired) electrons. The van der Waals surface area contributed by atoms with Crippen molar-refractivity contribution in [3.63, 3.8) is 0 Å². The molecule has 16 nitrogen and oxygen atoms in total. The number of nitrogens with one attached hydrogen (secondary N) is 1. The molecule has 0 aromatic carbocycles. The molecule has 0 unspecified atom stereocenters. The first kappa shape index (κ1) is 27.8. The van der Waals surface area contributed by atoms with Gasteiger partial charge in [-0.2, -0.15) is 9.57 Å². The van der Waals surface area contributed by atoms with Crippen molar-refractivity contribution < 1.29 is 21.6 Å². The van der Waals surface area contributed by atoms with Gasteiger partial charge in [-0.3, -0.25) is 9.10 Å². The fourth-order valence-electron chi connectivity index (χ4n) is 3.82. The van der Waals surface area contributed by atoms with Gasteiger partial charge in [-0.1, -0.05) is 0 Å². The van der Waals surface area contributed by atoms with Crippen molar-refractivity contribution in [2.24, 2.45) is 7.05 Å². The number of nitrogens with zero attached hydrogens (tertiary/aromatic N) is 10. The second-order valence-corrected chi connectivity index (χ2v) is 12.6. The third kappa shape index (κ3) is 5.79. The number of nitriles is 1. The normalized spacial score (nSPS) is 14.6. The van der Waals surface area contributed by atoms with E-state index in [-0.39, 0.29) is 41.1 Å². The maximum absolute atomic E-state index is 13.1. The van der Waals surface area contributed by atoms with Crippen molar-refractivity contribution >= 4 is 43.5 Å². The number of imidazole rings is 1. The predicted octanol–water partition coefficient (Wildman–Crippen LogP) is -0.661. The van der Waals surface area contributed by atoms with Crippen molar-refractivity contribution in [3.8, 4) is 6.07 Å². The lowest BCUT2D eigenvalue weighted by Crippen LogP contribution is -2.49. The van der Waals surface area contributed by atoms with E-state index in [0.29, 0.717) is 24.7 Å². The standard InChI is InChI=1S/C21H25N11O5S2/c1-14-11-15(12-22)25-21(24-14)31-7-9-32(10-8-31)39(36,37)17-6-5-16(27-28-17)26-19(33)18-20(29(2)13-23-18)30(3)38(4,34)35/h5-6,11,13H,7-10H2,1-4H3,(H,26,27,33). The molecular formula is C21H25N11O5S2. The molecule has 1 N–H and O–H groups in total. The summed E-state index contributed by atoms with van der Waals surface area (Å²) in [5.74, 6) is -0.393. The quantitative estimate of drug-likeness (QED) is 0.373. The number of sulfonamides is 2. The van der Waals surface area contributed by atoms with Crippen LogP contribution in [0.4, 0.5) is 17.6 Å². The highest BCUT2D eigenvalue weighted by atomic mass is 32.2. The van der Waals surface area contributed by atoms with Crippen LogP contribution in [0.2, 0.25) is 0 Å². The maximum Gasteiger partial charge on any atom is 0.279 e. The molecule has 0 saturated carbocycles. The van der Waals surface area contributed by atoms with Crippen molar-refractivity contribution in [2.45, 2.75) is 11.9 Å². The second-order valence-electron chi connectivity index (χ2n) is 8.67. The molecule has 0 aliphatic carbocycles. The number of hydrogen-bond acceptors (Lipinski definition) is 12. The third-order valence-electron chi connectivity index (χ3n) is 5.88. The molecule has 0 spiro atoms. The average molecular weight is 576 g/mol. The summed E-state index contributed by atoms with van der Waals surface area (Å²) in [4.78, 5) is 27.1. The summed E-state index contributed by atoms with van der Waals surface area (Å²) in [6.45, 7) is 2.64. The predicted molar refractivity (Wildman–Crippen MR) is 139 cm³/mol. The zero-order valence-corrected chi connectivity index (χ0v) is 23.1. The van der Waals surface area contributed by atoms with Gasteiger partial charge in [0.1, 0.15) is 11.8 Å². The number of carbonyl (C=O) groups is 1. The Balaban J connectivity index is 1.44. The summed E-state index contributed by atoms with van der Waals surface area (Å²) < 4.78 is 53.7. The van der Waals surface area contributed by atoms with Gasteiger partial charge in [0.05, 0.1) is 12.6 Å². The first-order valence-electron chi connectivity index (χ1n) is 11.4. The van der Waals surface area contributed by atoms with Gasteiger partial charge in [0.2, 0.25) is 16.0 Å². The molecule has 1 aliphatic rings. The monoisotopic (exact) mass is 575 g/mol. The van der Waals surface area contributed by atoms with Crippen LogP contribution in [0.5, 0.6) is 0 Å². The van der Waals surface area contributed by atoms with E-state index in [0.717, 1.165) is 10.6 Å². The smallest absolute Gasteiger partial charge is 0.279 e. The Morgan fingerprint density at radius 3 is 2.38 bits per heavy atom. The highest BCUT2D eigenvalue weighted by Crippen LogP contribution is 2.22. The van der Waals surface area contributed by atoms with Crippen LogP contribution >= 0.6 is 0 Å². The molecule has 4 rings (SSSR count). The summed E-state index contributed by atoms with van der Waals surface area (Å²) in [6.07, 6.45) is 2.29. The maximum atomic E-state index is 13.1. The molecule has 0 bridgehead atoms. The fourth-order valence-corrected chi connectivity index (χ4v) is 5.65. The molecule has 3 aromatic rings. The number of rotatable bonds is 7. The lowest BCUT2D eigenvalue weighted by atomic mass is 10.3. The van der Waals surface area contributed by atoms with Gasteiger partial charge in [0.25, 0.3) is 15.9 Å². The molecule has 4 heterocycles. The van der Waals surface area contributed by atoms with Crippen LogP contribution in [0.3, 0.4) is 0 Å². The Kier molecular flexibility index (Phi) is 7.50. The molecule has 0 atom stereocenters. The van der Waals surface area contributed by atoms with Crippen molar-refractivity contribution in [2.75, 3.05) is 54.0 Å². The highest BCUT2D eigenvalue weighted by Gasteiger charge is 2.31. The molecule has 1 fully saturated rings. The zero-order chi connectivity index (χ0) is 28.5. The molecule has 1 amide bonds. The number of aromatic nitrogens is 6. The summed E-state index contributed by atoms with van der Waals surface area (Å²) in [7, 11) is -4.81. The number of hydrogen-bond donors (Lipinski definition) is 1. The van der Waals surface area contributed by atoms with Gasteiger partial charge in [0.15, 0.2) is 22.4 Å². The summed E-state index contributed by atoms with van der Waals surface area (Å²) >= 11 is 0. The van der Waals surface area contributed by atoms with E-state index in [9.17, 15) is 21.6 Å². The van der Waals surface area contributed by atoms with Gasteiger partial charge < -0.3 is 14.8 Å². The van der Waals surface area contributed by atoms with Crippen LogP contribution in [0.15, 0.2) is 29.6 Å². The Hall–Kier alpha value is -4.21. The van der Waals surface area contributed by atoms with E-state index in [4.69, 9.17) is 5.26 Å². The average Bonchev–Trinajstić information content (AvgIpc) is 3.28. The zero-order valence-electron chi connectivity index (χ0n) is 21.5. The molecule has 39 heavy (non-hydrogen) atoms. The summed E-state index contributed by atoms with van der Waals surface area (Å²) in [6, 6.07) is 6.05. The fraction of sp³-hybridized carbons (Fsp3) is 0.381. The van der Waals surface area contributed by atoms with Crippen molar-refractivity contribution in [1.82, 2.24) is 34.0 Å². The first-order chi connectivity index (χ1) is 18.3. The van der Waals surface area contributed by atoms with Crippen molar-refractivity contribution in [3.05, 3.63) is 41.6 Å². The van der Waals surface area contributed by atoms with Gasteiger partial charge in [-0.25, -0.2) is 31.8 Å². The Morgan fingerprint density at radius 1 is 1.10 bits per heavy atom. The molecule has 1 saturated heterocycles. The SMILES string of the molecule is Cc1cc(C#N)nc(N2CCN(S(=O)(=O)c3ccc(NC(=O)c4ncn(C)c4N(C)S(C)(=O)=O)nn3)CC2)n1. The van der Waals surface area contributed by atoms with Gasteiger partial charge in [-0.15, -0.1) is 10.2 Å². The molecule has 1 aliphatic heterocycles. The van der Waals surface area contributed by atoms with Crippen LogP contribution in [0.25, 0.3) is 0 Å². The van der Waals surface area contributed by atoms with Gasteiger partial charge >= 0.3 is 0 Å². The van der Waals surface area contributed by atoms with E-state index >= 15 is 0 Å². The number of piperazine rings is 1. The Bertz CT molecular complexity index is 1660. The van der Waals surface area contributed by atoms with E-state index in [1.54, 1.807) is 17.9 Å². The topological polar surface area (TPSA) is 200 Å². The molecule has 18 heteroatoms. The van der Waals surface area contributed by atoms with E-state index in [1.807, 2.05) is 6.07 Å². The first-order valence-corrected chi connectivity index (χ1v) is 14.7. The lowest BCUT2D eigenvalue weighted by Gasteiger charge is -2.33. The molecular weight excluding hydrogens is 550 g/mol. The highest BCUT2D eigenvalue weighted by molar-refractivity contribution is 7.92. The minimum atomic E-state index is -3.98. The van der Waals surface area contributed by atoms with Crippen LogP contribution in [-0.4, -0.2) is 96.2 Å². The van der Waals surface area contributed by atoms with Crippen LogP contribution in [0.1, 0.15) is 21.9 Å². The van der Waals surface area contributed by atoms with Crippen LogP contribution in [-0.2, 0) is 27.1 Å². The summed E-state index contributed by atoms with van der Waals surface area (Å²) in [5.41, 5.74) is 0.703. The van der Waals surface area contributed by atoms with Crippen molar-refractivity contribution in [1.29, 1.82) is 5.26 Å². The third-order valence-corrected chi connectivity index (χ3v) is 8.84. The number of anilines is 3. The number of carbonyl (C=O) groups excluding carboxylic acids is 1. The van der Waals surface area contributed by atoms with E-state index in [2.05, 4.69) is 30.5 Å². The van der Waals surface area contributed by atoms with Gasteiger partial charge in [0, 0.05) is 46.0 Å². The minimum Gasteiger partial charge on any atom is -0.338 e. The Labute approximate surface area is 225 Å². The lowest BCUT2D eigenvalue weighted by molar-refractivity contribution is 0.102. The molecule has 206 valence electrons. The van der Waals surface area contributed by atoms with E-state index in [1.165, 1.54) is 41.4 Å².